The number of pyridine rings is 1. The Morgan fingerprint density at radius 1 is 1.26 bits per heavy atom. The molecule has 122 valence electrons. The molecule has 2 heterocycles. The number of hydrogen-bond acceptors (Lipinski definition) is 5. The van der Waals surface area contributed by atoms with Crippen molar-refractivity contribution in [2.24, 2.45) is 11.5 Å². The number of aromatic nitrogens is 1. The molecule has 1 aromatic heterocycles. The van der Waals surface area contributed by atoms with E-state index in [0.717, 1.165) is 42.6 Å². The molecule has 0 saturated carbocycles. The van der Waals surface area contributed by atoms with Gasteiger partial charge < -0.3 is 16.4 Å². The summed E-state index contributed by atoms with van der Waals surface area (Å²) in [7, 11) is 0. The number of primary amides is 1. The van der Waals surface area contributed by atoms with E-state index in [2.05, 4.69) is 26.9 Å². The smallest absolute Gasteiger partial charge is 0.236 e. The fourth-order valence-electron chi connectivity index (χ4n) is 3.20. The molecule has 6 heteroatoms. The number of piperazine rings is 1. The Morgan fingerprint density at radius 3 is 2.87 bits per heavy atom. The second-order valence-corrected chi connectivity index (χ2v) is 5.90. The minimum absolute atomic E-state index is 0.285. The van der Waals surface area contributed by atoms with Crippen LogP contribution in [0.5, 0.6) is 0 Å². The highest BCUT2D eigenvalue weighted by Crippen LogP contribution is 2.26. The van der Waals surface area contributed by atoms with Crippen LogP contribution in [0.3, 0.4) is 0 Å². The van der Waals surface area contributed by atoms with Gasteiger partial charge in [0.2, 0.25) is 5.91 Å². The van der Waals surface area contributed by atoms with Crippen LogP contribution in [0.25, 0.3) is 10.8 Å². The molecule has 23 heavy (non-hydrogen) atoms. The first-order valence-corrected chi connectivity index (χ1v) is 8.03. The second-order valence-electron chi connectivity index (χ2n) is 5.90. The van der Waals surface area contributed by atoms with Crippen molar-refractivity contribution in [2.75, 3.05) is 37.6 Å². The highest BCUT2D eigenvalue weighted by Gasteiger charge is 2.31. The average Bonchev–Trinajstić information content (AvgIpc) is 2.59. The molecule has 1 aromatic carbocycles. The molecule has 1 aliphatic rings. The molecule has 0 radical (unpaired) electrons. The number of hydrogen-bond donors (Lipinski definition) is 2. The molecule has 2 aromatic rings. The highest BCUT2D eigenvalue weighted by atomic mass is 16.1. The molecule has 1 atom stereocenters. The van der Waals surface area contributed by atoms with Gasteiger partial charge in [-0.05, 0) is 24.4 Å². The van der Waals surface area contributed by atoms with Gasteiger partial charge in [-0.1, -0.05) is 24.3 Å². The Bertz CT molecular complexity index is 684. The summed E-state index contributed by atoms with van der Waals surface area (Å²) < 4.78 is 0. The number of nitrogens with zero attached hydrogens (tertiary/aromatic N) is 3. The monoisotopic (exact) mass is 313 g/mol. The van der Waals surface area contributed by atoms with Crippen LogP contribution < -0.4 is 16.4 Å². The molecule has 0 spiro atoms. The van der Waals surface area contributed by atoms with Crippen molar-refractivity contribution >= 4 is 22.5 Å². The van der Waals surface area contributed by atoms with Gasteiger partial charge in [-0.3, -0.25) is 9.69 Å². The van der Waals surface area contributed by atoms with Crippen molar-refractivity contribution < 1.29 is 4.79 Å². The van der Waals surface area contributed by atoms with Gasteiger partial charge in [-0.2, -0.15) is 0 Å². The summed E-state index contributed by atoms with van der Waals surface area (Å²) in [5, 5.41) is 2.26. The van der Waals surface area contributed by atoms with E-state index >= 15 is 0 Å². The van der Waals surface area contributed by atoms with Crippen molar-refractivity contribution in [1.82, 2.24) is 9.88 Å². The Kier molecular flexibility index (Phi) is 4.73. The van der Waals surface area contributed by atoms with Gasteiger partial charge in [0, 0.05) is 37.8 Å². The molecule has 0 aliphatic carbocycles. The van der Waals surface area contributed by atoms with Gasteiger partial charge in [0.05, 0.1) is 0 Å². The Morgan fingerprint density at radius 2 is 2.09 bits per heavy atom. The third-order valence-electron chi connectivity index (χ3n) is 4.42. The molecular weight excluding hydrogens is 290 g/mol. The van der Waals surface area contributed by atoms with Gasteiger partial charge in [0.15, 0.2) is 0 Å². The molecule has 1 unspecified atom stereocenters. The summed E-state index contributed by atoms with van der Waals surface area (Å²) in [4.78, 5) is 20.7. The SMILES string of the molecule is NCCCN1CCN(c2nccc3ccccc23)CC1C(N)=O. The maximum atomic E-state index is 11.9. The number of benzene rings is 1. The molecule has 1 amide bonds. The van der Waals surface area contributed by atoms with Crippen molar-refractivity contribution in [3.63, 3.8) is 0 Å². The topological polar surface area (TPSA) is 88.5 Å². The van der Waals surface area contributed by atoms with Gasteiger partial charge in [0.25, 0.3) is 0 Å². The first kappa shape index (κ1) is 15.7. The lowest BCUT2D eigenvalue weighted by Gasteiger charge is -2.40. The molecule has 4 N–H and O–H groups in total. The standard InChI is InChI=1S/C17H23N5O/c18-7-3-9-21-10-11-22(12-15(21)16(19)23)17-14-5-2-1-4-13(14)6-8-20-17/h1-2,4-6,8,15H,3,7,9-12,18H2,(H2,19,23). The van der Waals surface area contributed by atoms with Gasteiger partial charge in [0.1, 0.15) is 11.9 Å². The first-order valence-electron chi connectivity index (χ1n) is 8.03. The van der Waals surface area contributed by atoms with Crippen LogP contribution in [0, 0.1) is 0 Å². The van der Waals surface area contributed by atoms with E-state index in [9.17, 15) is 4.79 Å². The molecule has 1 aliphatic heterocycles. The third-order valence-corrected chi connectivity index (χ3v) is 4.42. The second kappa shape index (κ2) is 6.93. The molecule has 0 bridgehead atoms. The predicted molar refractivity (Wildman–Crippen MR) is 92.2 cm³/mol. The Balaban J connectivity index is 1.85. The number of rotatable bonds is 5. The van der Waals surface area contributed by atoms with Crippen molar-refractivity contribution in [3.8, 4) is 0 Å². The van der Waals surface area contributed by atoms with Crippen molar-refractivity contribution in [2.45, 2.75) is 12.5 Å². The molecule has 1 saturated heterocycles. The quantitative estimate of drug-likeness (QED) is 0.842. The zero-order valence-corrected chi connectivity index (χ0v) is 13.2. The van der Waals surface area contributed by atoms with Gasteiger partial charge in [-0.15, -0.1) is 0 Å². The maximum Gasteiger partial charge on any atom is 0.236 e. The van der Waals surface area contributed by atoms with Crippen LogP contribution in [0.15, 0.2) is 36.5 Å². The average molecular weight is 313 g/mol. The lowest BCUT2D eigenvalue weighted by molar-refractivity contribution is -0.123. The minimum atomic E-state index is -0.295. The number of amides is 1. The summed E-state index contributed by atoms with van der Waals surface area (Å²) in [5.74, 6) is 0.639. The number of anilines is 1. The molecule has 6 nitrogen and oxygen atoms in total. The van der Waals surface area contributed by atoms with Gasteiger partial charge >= 0.3 is 0 Å². The Hall–Kier alpha value is -2.18. The summed E-state index contributed by atoms with van der Waals surface area (Å²) >= 11 is 0. The normalized spacial score (nSPS) is 19.2. The van der Waals surface area contributed by atoms with Crippen molar-refractivity contribution in [1.29, 1.82) is 0 Å². The van der Waals surface area contributed by atoms with Crippen LogP contribution in [0.2, 0.25) is 0 Å². The number of carbonyl (C=O) groups excluding carboxylic acids is 1. The van der Waals surface area contributed by atoms with E-state index in [4.69, 9.17) is 11.5 Å². The van der Waals surface area contributed by atoms with Crippen LogP contribution in [-0.4, -0.2) is 54.6 Å². The van der Waals surface area contributed by atoms with Crippen LogP contribution in [-0.2, 0) is 4.79 Å². The van der Waals surface area contributed by atoms with Crippen LogP contribution >= 0.6 is 0 Å². The maximum absolute atomic E-state index is 11.9. The van der Waals surface area contributed by atoms with E-state index < -0.39 is 0 Å². The lowest BCUT2D eigenvalue weighted by Crippen LogP contribution is -2.58. The molecule has 1 fully saturated rings. The summed E-state index contributed by atoms with van der Waals surface area (Å²) in [6.45, 7) is 3.62. The third kappa shape index (κ3) is 3.28. The number of carbonyl (C=O) groups is 1. The van der Waals surface area contributed by atoms with Gasteiger partial charge in [-0.25, -0.2) is 4.98 Å². The summed E-state index contributed by atoms with van der Waals surface area (Å²) in [5.41, 5.74) is 11.2. The fourth-order valence-corrected chi connectivity index (χ4v) is 3.20. The molecule has 3 rings (SSSR count). The summed E-state index contributed by atoms with van der Waals surface area (Å²) in [6.07, 6.45) is 2.69. The highest BCUT2D eigenvalue weighted by molar-refractivity contribution is 5.92. The van der Waals surface area contributed by atoms with E-state index in [-0.39, 0.29) is 11.9 Å². The Labute approximate surface area is 136 Å². The zero-order valence-electron chi connectivity index (χ0n) is 13.2. The minimum Gasteiger partial charge on any atom is -0.368 e. The van der Waals surface area contributed by atoms with Crippen LogP contribution in [0.1, 0.15) is 6.42 Å². The van der Waals surface area contributed by atoms with E-state index in [1.54, 1.807) is 0 Å². The van der Waals surface area contributed by atoms with E-state index in [0.29, 0.717) is 13.1 Å². The van der Waals surface area contributed by atoms with Crippen LogP contribution in [0.4, 0.5) is 5.82 Å². The van der Waals surface area contributed by atoms with E-state index in [1.807, 2.05) is 24.4 Å². The number of fused-ring (bicyclic) bond motifs is 1. The summed E-state index contributed by atoms with van der Waals surface area (Å²) in [6, 6.07) is 9.87. The first-order chi connectivity index (χ1) is 11.2. The van der Waals surface area contributed by atoms with E-state index in [1.165, 1.54) is 0 Å². The largest absolute Gasteiger partial charge is 0.368 e. The zero-order chi connectivity index (χ0) is 16.2. The molecular formula is C17H23N5O. The predicted octanol–water partition coefficient (Wildman–Crippen LogP) is 0.559. The lowest BCUT2D eigenvalue weighted by atomic mass is 10.1. The van der Waals surface area contributed by atoms with Crippen molar-refractivity contribution in [3.05, 3.63) is 36.5 Å². The number of nitrogens with two attached hydrogens (primary N) is 2. The fraction of sp³-hybridized carbons (Fsp3) is 0.412.